The molecule has 0 radical (unpaired) electrons. The summed E-state index contributed by atoms with van der Waals surface area (Å²) in [7, 11) is 3.24. The number of methoxy groups -OCH3 is 2. The van der Waals surface area contributed by atoms with Gasteiger partial charge in [0.1, 0.15) is 17.1 Å². The van der Waals surface area contributed by atoms with Crippen LogP contribution in [0.5, 0.6) is 11.5 Å². The second-order valence-corrected chi connectivity index (χ2v) is 8.24. The Bertz CT molecular complexity index is 703. The third-order valence-corrected chi connectivity index (χ3v) is 3.78. The third kappa shape index (κ3) is 10.7. The number of aliphatic imine (C=N–C) groups is 1. The standard InChI is InChI=1S/C21H36N4O4.HI/c1-9-22-18(23-13-15-10-11-16(27-7)12-17(15)28-8)24-14-21(5,6)25-19(26)29-20(2,3)4;/h10-12H,9,13-14H2,1-8H3,(H,25,26)(H2,22,23,24);1H. The summed E-state index contributed by atoms with van der Waals surface area (Å²) < 4.78 is 16.0. The van der Waals surface area contributed by atoms with Gasteiger partial charge >= 0.3 is 6.09 Å². The van der Waals surface area contributed by atoms with Gasteiger partial charge in [-0.3, -0.25) is 0 Å². The lowest BCUT2D eigenvalue weighted by molar-refractivity contribution is 0.0474. The zero-order valence-corrected chi connectivity index (χ0v) is 21.7. The zero-order valence-electron chi connectivity index (χ0n) is 19.3. The molecule has 0 fully saturated rings. The average molecular weight is 536 g/mol. The smallest absolute Gasteiger partial charge is 0.408 e. The van der Waals surface area contributed by atoms with Gasteiger partial charge in [-0.1, -0.05) is 0 Å². The SMILES string of the molecule is CCNC(=NCc1ccc(OC)cc1OC)NCC(C)(C)NC(=O)OC(C)(C)C.I. The fourth-order valence-corrected chi connectivity index (χ4v) is 2.42. The largest absolute Gasteiger partial charge is 0.497 e. The number of hydrogen-bond acceptors (Lipinski definition) is 5. The van der Waals surface area contributed by atoms with Crippen molar-refractivity contribution >= 4 is 36.0 Å². The molecule has 1 aromatic rings. The van der Waals surface area contributed by atoms with E-state index in [9.17, 15) is 4.79 Å². The molecule has 0 aromatic heterocycles. The summed E-state index contributed by atoms with van der Waals surface area (Å²) >= 11 is 0. The van der Waals surface area contributed by atoms with E-state index in [-0.39, 0.29) is 24.0 Å². The number of alkyl carbamates (subject to hydrolysis) is 1. The number of benzene rings is 1. The van der Waals surface area contributed by atoms with Gasteiger partial charge in [0, 0.05) is 24.7 Å². The summed E-state index contributed by atoms with van der Waals surface area (Å²) in [5.41, 5.74) is -0.130. The first-order valence-electron chi connectivity index (χ1n) is 9.74. The van der Waals surface area contributed by atoms with Crippen LogP contribution in [0.25, 0.3) is 0 Å². The van der Waals surface area contributed by atoms with Gasteiger partial charge in [0.2, 0.25) is 0 Å². The molecule has 0 saturated heterocycles. The minimum atomic E-state index is -0.540. The fourth-order valence-electron chi connectivity index (χ4n) is 2.42. The van der Waals surface area contributed by atoms with Crippen LogP contribution in [0.3, 0.4) is 0 Å². The number of guanidine groups is 1. The van der Waals surface area contributed by atoms with Crippen LogP contribution in [-0.2, 0) is 11.3 Å². The Balaban J connectivity index is 0.00000841. The summed E-state index contributed by atoms with van der Waals surface area (Å²) in [5, 5.41) is 9.34. The minimum Gasteiger partial charge on any atom is -0.497 e. The minimum absolute atomic E-state index is 0. The van der Waals surface area contributed by atoms with E-state index < -0.39 is 17.2 Å². The quantitative estimate of drug-likeness (QED) is 0.267. The van der Waals surface area contributed by atoms with Crippen LogP contribution in [-0.4, -0.2) is 50.5 Å². The van der Waals surface area contributed by atoms with E-state index in [2.05, 4.69) is 20.9 Å². The van der Waals surface area contributed by atoms with Crippen molar-refractivity contribution in [2.24, 2.45) is 4.99 Å². The van der Waals surface area contributed by atoms with Gasteiger partial charge in [-0.25, -0.2) is 9.79 Å². The van der Waals surface area contributed by atoms with Crippen LogP contribution in [0.1, 0.15) is 47.1 Å². The van der Waals surface area contributed by atoms with Crippen molar-refractivity contribution in [3.63, 3.8) is 0 Å². The van der Waals surface area contributed by atoms with Crippen molar-refractivity contribution < 1.29 is 19.0 Å². The number of amides is 1. The molecule has 1 rings (SSSR count). The average Bonchev–Trinajstić information content (AvgIpc) is 2.61. The molecule has 0 heterocycles. The summed E-state index contributed by atoms with van der Waals surface area (Å²) in [6, 6.07) is 5.64. The van der Waals surface area contributed by atoms with E-state index in [4.69, 9.17) is 14.2 Å². The van der Waals surface area contributed by atoms with Gasteiger partial charge in [0.25, 0.3) is 0 Å². The molecule has 0 aliphatic rings. The highest BCUT2D eigenvalue weighted by molar-refractivity contribution is 14.0. The van der Waals surface area contributed by atoms with Crippen LogP contribution >= 0.6 is 24.0 Å². The number of hydrogen-bond donors (Lipinski definition) is 3. The Morgan fingerprint density at radius 3 is 2.27 bits per heavy atom. The Kier molecular flexibility index (Phi) is 11.9. The molecule has 0 aliphatic carbocycles. The molecule has 172 valence electrons. The van der Waals surface area contributed by atoms with E-state index >= 15 is 0 Å². The number of nitrogens with zero attached hydrogens (tertiary/aromatic N) is 1. The van der Waals surface area contributed by atoms with Crippen molar-refractivity contribution in [1.82, 2.24) is 16.0 Å². The number of nitrogens with one attached hydrogen (secondary N) is 3. The lowest BCUT2D eigenvalue weighted by Gasteiger charge is -2.29. The van der Waals surface area contributed by atoms with Crippen LogP contribution in [0, 0.1) is 0 Å². The van der Waals surface area contributed by atoms with Gasteiger partial charge in [-0.2, -0.15) is 0 Å². The van der Waals surface area contributed by atoms with Crippen LogP contribution in [0.4, 0.5) is 4.79 Å². The fraction of sp³-hybridized carbons (Fsp3) is 0.619. The van der Waals surface area contributed by atoms with Gasteiger partial charge in [0.05, 0.1) is 26.3 Å². The molecule has 0 bridgehead atoms. The predicted octanol–water partition coefficient (Wildman–Crippen LogP) is 3.68. The van der Waals surface area contributed by atoms with Gasteiger partial charge in [-0.05, 0) is 53.7 Å². The van der Waals surface area contributed by atoms with Crippen LogP contribution < -0.4 is 25.4 Å². The van der Waals surface area contributed by atoms with E-state index in [1.807, 2.05) is 59.7 Å². The van der Waals surface area contributed by atoms with Crippen molar-refractivity contribution in [2.75, 3.05) is 27.3 Å². The van der Waals surface area contributed by atoms with Crippen molar-refractivity contribution in [3.05, 3.63) is 23.8 Å². The maximum Gasteiger partial charge on any atom is 0.408 e. The monoisotopic (exact) mass is 536 g/mol. The summed E-state index contributed by atoms with van der Waals surface area (Å²) in [4.78, 5) is 16.7. The highest BCUT2D eigenvalue weighted by atomic mass is 127. The second-order valence-electron chi connectivity index (χ2n) is 8.24. The maximum atomic E-state index is 12.0. The molecule has 0 unspecified atom stereocenters. The Morgan fingerprint density at radius 1 is 1.07 bits per heavy atom. The molecule has 0 saturated carbocycles. The molecule has 3 N–H and O–H groups in total. The molecular formula is C21H37IN4O4. The number of carbonyl (C=O) groups is 1. The van der Waals surface area contributed by atoms with Crippen molar-refractivity contribution in [2.45, 2.75) is 59.2 Å². The maximum absolute atomic E-state index is 12.0. The van der Waals surface area contributed by atoms with E-state index in [1.165, 1.54) is 0 Å². The first kappa shape index (κ1) is 28.1. The molecule has 0 aliphatic heterocycles. The number of rotatable bonds is 8. The Morgan fingerprint density at radius 2 is 1.73 bits per heavy atom. The van der Waals surface area contributed by atoms with Crippen LogP contribution in [0.2, 0.25) is 0 Å². The zero-order chi connectivity index (χ0) is 22.1. The lowest BCUT2D eigenvalue weighted by atomic mass is 10.1. The van der Waals surface area contributed by atoms with Gasteiger partial charge < -0.3 is 30.2 Å². The Labute approximate surface area is 197 Å². The topological polar surface area (TPSA) is 93.2 Å². The first-order valence-corrected chi connectivity index (χ1v) is 9.74. The number of ether oxygens (including phenoxy) is 3. The number of halogens is 1. The molecule has 9 heteroatoms. The normalized spacial score (nSPS) is 11.8. The Hall–Kier alpha value is -1.91. The molecule has 30 heavy (non-hydrogen) atoms. The molecule has 8 nitrogen and oxygen atoms in total. The third-order valence-electron chi connectivity index (χ3n) is 3.78. The van der Waals surface area contributed by atoms with E-state index in [0.29, 0.717) is 25.6 Å². The van der Waals surface area contributed by atoms with E-state index in [0.717, 1.165) is 17.1 Å². The van der Waals surface area contributed by atoms with Gasteiger partial charge in [0.15, 0.2) is 5.96 Å². The van der Waals surface area contributed by atoms with Crippen molar-refractivity contribution in [1.29, 1.82) is 0 Å². The highest BCUT2D eigenvalue weighted by Crippen LogP contribution is 2.25. The van der Waals surface area contributed by atoms with Gasteiger partial charge in [-0.15, -0.1) is 24.0 Å². The summed E-state index contributed by atoms with van der Waals surface area (Å²) in [5.74, 6) is 2.09. The van der Waals surface area contributed by atoms with Crippen LogP contribution in [0.15, 0.2) is 23.2 Å². The summed E-state index contributed by atoms with van der Waals surface area (Å²) in [6.07, 6.45) is -0.450. The molecular weight excluding hydrogens is 499 g/mol. The molecule has 1 amide bonds. The van der Waals surface area contributed by atoms with Crippen molar-refractivity contribution in [3.8, 4) is 11.5 Å². The molecule has 1 aromatic carbocycles. The predicted molar refractivity (Wildman–Crippen MR) is 131 cm³/mol. The molecule has 0 atom stereocenters. The number of carbonyl (C=O) groups excluding carboxylic acids is 1. The lowest BCUT2D eigenvalue weighted by Crippen LogP contribution is -2.54. The first-order chi connectivity index (χ1) is 13.5. The highest BCUT2D eigenvalue weighted by Gasteiger charge is 2.24. The summed E-state index contributed by atoms with van der Waals surface area (Å²) in [6.45, 7) is 12.9. The van der Waals surface area contributed by atoms with E-state index in [1.54, 1.807) is 14.2 Å². The second kappa shape index (κ2) is 12.7. The molecule has 0 spiro atoms.